The summed E-state index contributed by atoms with van der Waals surface area (Å²) in [5.74, 6) is -0.260. The van der Waals surface area contributed by atoms with E-state index < -0.39 is 6.03 Å². The van der Waals surface area contributed by atoms with Crippen LogP contribution in [0.5, 0.6) is 0 Å². The van der Waals surface area contributed by atoms with Crippen LogP contribution in [0.1, 0.15) is 20.3 Å². The lowest BCUT2D eigenvalue weighted by Crippen LogP contribution is -2.42. The number of aliphatic hydroxyl groups is 1. The summed E-state index contributed by atoms with van der Waals surface area (Å²) in [7, 11) is 0. The lowest BCUT2D eigenvalue weighted by atomic mass is 9.90. The highest BCUT2D eigenvalue weighted by Gasteiger charge is 2.18. The number of hydrogen-bond acceptors (Lipinski definition) is 3. The predicted molar refractivity (Wildman–Crippen MR) is 82.0 cm³/mol. The van der Waals surface area contributed by atoms with Gasteiger partial charge in [-0.05, 0) is 24.0 Å². The van der Waals surface area contributed by atoms with Gasteiger partial charge < -0.3 is 21.1 Å². The topological polar surface area (TPSA) is 90.5 Å². The van der Waals surface area contributed by atoms with E-state index in [-0.39, 0.29) is 24.5 Å². The molecule has 0 aromatic heterocycles. The third kappa shape index (κ3) is 7.31. The minimum Gasteiger partial charge on any atom is -0.396 e. The van der Waals surface area contributed by atoms with Crippen molar-refractivity contribution in [1.29, 1.82) is 0 Å². The van der Waals surface area contributed by atoms with E-state index in [0.29, 0.717) is 18.7 Å². The molecule has 0 fully saturated rings. The second kappa shape index (κ2) is 8.26. The highest BCUT2D eigenvalue weighted by Crippen LogP contribution is 2.17. The Morgan fingerprint density at radius 1 is 1.14 bits per heavy atom. The molecule has 0 aliphatic rings. The Labute approximate surface area is 124 Å². The van der Waals surface area contributed by atoms with Crippen LogP contribution in [0, 0.1) is 5.41 Å². The molecule has 0 spiro atoms. The van der Waals surface area contributed by atoms with Crippen molar-refractivity contribution in [2.45, 2.75) is 20.3 Å². The van der Waals surface area contributed by atoms with Crippen LogP contribution in [0.3, 0.4) is 0 Å². The van der Waals surface area contributed by atoms with Gasteiger partial charge in [-0.3, -0.25) is 4.79 Å². The van der Waals surface area contributed by atoms with E-state index in [0.717, 1.165) is 0 Å². The maximum Gasteiger partial charge on any atom is 0.319 e. The van der Waals surface area contributed by atoms with E-state index in [2.05, 4.69) is 16.0 Å². The fourth-order valence-electron chi connectivity index (χ4n) is 1.65. The van der Waals surface area contributed by atoms with Crippen LogP contribution in [-0.2, 0) is 4.79 Å². The van der Waals surface area contributed by atoms with E-state index in [1.165, 1.54) is 0 Å². The second-order valence-electron chi connectivity index (χ2n) is 5.59. The number of amides is 3. The quantitative estimate of drug-likeness (QED) is 0.611. The van der Waals surface area contributed by atoms with Crippen molar-refractivity contribution in [3.05, 3.63) is 30.3 Å². The molecule has 116 valence electrons. The van der Waals surface area contributed by atoms with Gasteiger partial charge in [0.2, 0.25) is 5.91 Å². The van der Waals surface area contributed by atoms with E-state index in [1.807, 2.05) is 32.0 Å². The molecule has 4 N–H and O–H groups in total. The van der Waals surface area contributed by atoms with Crippen LogP contribution < -0.4 is 16.0 Å². The summed E-state index contributed by atoms with van der Waals surface area (Å²) in [6.45, 7) is 4.36. The Morgan fingerprint density at radius 3 is 2.43 bits per heavy atom. The Morgan fingerprint density at radius 2 is 1.81 bits per heavy atom. The molecule has 6 heteroatoms. The summed E-state index contributed by atoms with van der Waals surface area (Å²) < 4.78 is 0. The first kappa shape index (κ1) is 17.0. The zero-order chi connectivity index (χ0) is 15.7. The second-order valence-corrected chi connectivity index (χ2v) is 5.59. The first-order valence-electron chi connectivity index (χ1n) is 6.90. The SMILES string of the molecule is CC(C)(CCO)CNC(=O)CNC(=O)Nc1ccccc1. The van der Waals surface area contributed by atoms with Gasteiger partial charge in [-0.2, -0.15) is 0 Å². The lowest BCUT2D eigenvalue weighted by molar-refractivity contribution is -0.120. The third-order valence-electron chi connectivity index (χ3n) is 2.99. The van der Waals surface area contributed by atoms with Crippen molar-refractivity contribution in [3.63, 3.8) is 0 Å². The zero-order valence-electron chi connectivity index (χ0n) is 12.5. The number of urea groups is 1. The smallest absolute Gasteiger partial charge is 0.319 e. The van der Waals surface area contributed by atoms with Gasteiger partial charge in [0.15, 0.2) is 0 Å². The number of hydrogen-bond donors (Lipinski definition) is 4. The molecule has 0 heterocycles. The van der Waals surface area contributed by atoms with Gasteiger partial charge in [0.1, 0.15) is 0 Å². The van der Waals surface area contributed by atoms with E-state index in [4.69, 9.17) is 5.11 Å². The molecule has 0 unspecified atom stereocenters. The van der Waals surface area contributed by atoms with Gasteiger partial charge >= 0.3 is 6.03 Å². The van der Waals surface area contributed by atoms with Crippen LogP contribution in [0.25, 0.3) is 0 Å². The van der Waals surface area contributed by atoms with E-state index in [9.17, 15) is 9.59 Å². The minimum absolute atomic E-state index is 0.0839. The molecule has 1 aromatic carbocycles. The Bertz CT molecular complexity index is 460. The van der Waals surface area contributed by atoms with Crippen LogP contribution in [0.2, 0.25) is 0 Å². The summed E-state index contributed by atoms with van der Waals surface area (Å²) in [6.07, 6.45) is 0.606. The molecular formula is C15H23N3O3. The van der Waals surface area contributed by atoms with Gasteiger partial charge in [-0.1, -0.05) is 32.0 Å². The predicted octanol–water partition coefficient (Wildman–Crippen LogP) is 1.33. The normalized spacial score (nSPS) is 10.8. The average Bonchev–Trinajstić information content (AvgIpc) is 2.44. The van der Waals surface area contributed by atoms with Crippen LogP contribution in [0.4, 0.5) is 10.5 Å². The fraction of sp³-hybridized carbons (Fsp3) is 0.467. The van der Waals surface area contributed by atoms with Crippen molar-refractivity contribution in [3.8, 4) is 0 Å². The summed E-state index contributed by atoms with van der Waals surface area (Å²) in [5.41, 5.74) is 0.496. The monoisotopic (exact) mass is 293 g/mol. The first-order chi connectivity index (χ1) is 9.93. The summed E-state index contributed by atoms with van der Waals surface area (Å²) in [5, 5.41) is 16.8. The van der Waals surface area contributed by atoms with Gasteiger partial charge in [-0.25, -0.2) is 4.79 Å². The van der Waals surface area contributed by atoms with Crippen molar-refractivity contribution in [2.24, 2.45) is 5.41 Å². The van der Waals surface area contributed by atoms with Crippen molar-refractivity contribution in [1.82, 2.24) is 10.6 Å². The molecule has 21 heavy (non-hydrogen) atoms. The number of carbonyl (C=O) groups excluding carboxylic acids is 2. The lowest BCUT2D eigenvalue weighted by Gasteiger charge is -2.23. The van der Waals surface area contributed by atoms with Crippen LogP contribution >= 0.6 is 0 Å². The number of aliphatic hydroxyl groups excluding tert-OH is 1. The fourth-order valence-corrected chi connectivity index (χ4v) is 1.65. The van der Waals surface area contributed by atoms with Crippen molar-refractivity contribution >= 4 is 17.6 Å². The van der Waals surface area contributed by atoms with Gasteiger partial charge in [0, 0.05) is 18.8 Å². The molecule has 1 aromatic rings. The Hall–Kier alpha value is -2.08. The Balaban J connectivity index is 2.25. The van der Waals surface area contributed by atoms with E-state index in [1.54, 1.807) is 12.1 Å². The number of anilines is 1. The molecule has 1 rings (SSSR count). The third-order valence-corrected chi connectivity index (χ3v) is 2.99. The number of carbonyl (C=O) groups is 2. The van der Waals surface area contributed by atoms with Gasteiger partial charge in [0.05, 0.1) is 6.54 Å². The molecule has 6 nitrogen and oxygen atoms in total. The van der Waals surface area contributed by atoms with E-state index >= 15 is 0 Å². The summed E-state index contributed by atoms with van der Waals surface area (Å²) >= 11 is 0. The number of rotatable bonds is 7. The van der Waals surface area contributed by atoms with Crippen molar-refractivity contribution < 1.29 is 14.7 Å². The molecule has 0 bridgehead atoms. The molecule has 0 aliphatic carbocycles. The van der Waals surface area contributed by atoms with Crippen molar-refractivity contribution in [2.75, 3.05) is 25.0 Å². The molecule has 0 saturated carbocycles. The largest absolute Gasteiger partial charge is 0.396 e. The van der Waals surface area contributed by atoms with Crippen LogP contribution in [-0.4, -0.2) is 36.7 Å². The molecule has 3 amide bonds. The first-order valence-corrected chi connectivity index (χ1v) is 6.90. The number of nitrogens with one attached hydrogen (secondary N) is 3. The Kier molecular flexibility index (Phi) is 6.68. The summed E-state index contributed by atoms with van der Waals surface area (Å²) in [6, 6.07) is 8.57. The molecule has 0 aliphatic heterocycles. The summed E-state index contributed by atoms with van der Waals surface area (Å²) in [4.78, 5) is 23.2. The highest BCUT2D eigenvalue weighted by molar-refractivity contribution is 5.92. The number of para-hydroxylation sites is 1. The zero-order valence-corrected chi connectivity index (χ0v) is 12.5. The molecule has 0 saturated heterocycles. The van der Waals surface area contributed by atoms with Gasteiger partial charge in [0.25, 0.3) is 0 Å². The molecular weight excluding hydrogens is 270 g/mol. The maximum absolute atomic E-state index is 11.6. The average molecular weight is 293 g/mol. The number of benzene rings is 1. The highest BCUT2D eigenvalue weighted by atomic mass is 16.3. The van der Waals surface area contributed by atoms with Crippen LogP contribution in [0.15, 0.2) is 30.3 Å². The maximum atomic E-state index is 11.6. The molecule has 0 radical (unpaired) electrons. The molecule has 0 atom stereocenters. The standard InChI is InChI=1S/C15H23N3O3/c1-15(2,8-9-19)11-17-13(20)10-16-14(21)18-12-6-4-3-5-7-12/h3-7,19H,8-11H2,1-2H3,(H,17,20)(H2,16,18,21). The van der Waals surface area contributed by atoms with Gasteiger partial charge in [-0.15, -0.1) is 0 Å². The minimum atomic E-state index is -0.425.